The molecule has 0 aliphatic heterocycles. The van der Waals surface area contributed by atoms with Gasteiger partial charge in [-0.3, -0.25) is 14.9 Å². The monoisotopic (exact) mass is 233 g/mol. The van der Waals surface area contributed by atoms with Crippen LogP contribution >= 0.6 is 0 Å². The molecule has 0 amide bonds. The van der Waals surface area contributed by atoms with Crippen molar-refractivity contribution in [2.24, 2.45) is 0 Å². The van der Waals surface area contributed by atoms with Gasteiger partial charge in [0.2, 0.25) is 0 Å². The zero-order valence-electron chi connectivity index (χ0n) is 8.49. The van der Waals surface area contributed by atoms with Crippen LogP contribution in [0.2, 0.25) is 0 Å². The molecule has 6 nitrogen and oxygen atoms in total. The summed E-state index contributed by atoms with van der Waals surface area (Å²) >= 11 is 0. The smallest absolute Gasteiger partial charge is 0.270 e. The van der Waals surface area contributed by atoms with Gasteiger partial charge in [-0.15, -0.1) is 0 Å². The number of non-ortho nitro benzene ring substituents is 1. The average Bonchev–Trinajstić information content (AvgIpc) is 2.77. The zero-order valence-corrected chi connectivity index (χ0v) is 8.49. The van der Waals surface area contributed by atoms with Gasteiger partial charge in [-0.05, 0) is 18.2 Å². The van der Waals surface area contributed by atoms with Crippen LogP contribution in [0.5, 0.6) is 5.75 Å². The van der Waals surface area contributed by atoms with Gasteiger partial charge in [0, 0.05) is 12.1 Å². The van der Waals surface area contributed by atoms with Crippen LogP contribution in [0.15, 0.2) is 34.7 Å². The molecule has 0 unspecified atom stereocenters. The van der Waals surface area contributed by atoms with Gasteiger partial charge in [-0.25, -0.2) is 0 Å². The number of rotatable bonds is 3. The molecule has 0 saturated heterocycles. The quantitative estimate of drug-likeness (QED) is 0.499. The van der Waals surface area contributed by atoms with Crippen molar-refractivity contribution in [3.8, 4) is 17.1 Å². The SMILES string of the molecule is O=Cc1ccc(-c2cc([N+](=O)[O-])ccc2O)o1. The van der Waals surface area contributed by atoms with Crippen LogP contribution in [-0.2, 0) is 0 Å². The van der Waals surface area contributed by atoms with Gasteiger partial charge in [0.25, 0.3) is 5.69 Å². The second-order valence-electron chi connectivity index (χ2n) is 3.28. The molecule has 0 atom stereocenters. The summed E-state index contributed by atoms with van der Waals surface area (Å²) in [4.78, 5) is 20.5. The molecule has 2 aromatic rings. The van der Waals surface area contributed by atoms with Gasteiger partial charge in [0.15, 0.2) is 12.0 Å². The maximum atomic E-state index is 10.6. The summed E-state index contributed by atoms with van der Waals surface area (Å²) in [5.41, 5.74) is 0.00848. The second-order valence-corrected chi connectivity index (χ2v) is 3.28. The number of furan rings is 1. The fourth-order valence-corrected chi connectivity index (χ4v) is 1.40. The number of nitro groups is 1. The Hall–Kier alpha value is -2.63. The molecule has 0 aliphatic carbocycles. The van der Waals surface area contributed by atoms with Crippen molar-refractivity contribution in [1.29, 1.82) is 0 Å². The molecule has 0 fully saturated rings. The van der Waals surface area contributed by atoms with Crippen molar-refractivity contribution < 1.29 is 19.2 Å². The Balaban J connectivity index is 2.53. The minimum atomic E-state index is -0.577. The molecule has 2 rings (SSSR count). The van der Waals surface area contributed by atoms with Crippen molar-refractivity contribution in [2.75, 3.05) is 0 Å². The topological polar surface area (TPSA) is 93.6 Å². The van der Waals surface area contributed by atoms with Crippen LogP contribution < -0.4 is 0 Å². The summed E-state index contributed by atoms with van der Waals surface area (Å²) in [6, 6.07) is 6.45. The number of phenolic OH excluding ortho intramolecular Hbond substituents is 1. The Morgan fingerprint density at radius 3 is 2.65 bits per heavy atom. The molecule has 0 spiro atoms. The lowest BCUT2D eigenvalue weighted by molar-refractivity contribution is -0.384. The second kappa shape index (κ2) is 4.09. The van der Waals surface area contributed by atoms with Gasteiger partial charge >= 0.3 is 0 Å². The van der Waals surface area contributed by atoms with Crippen LogP contribution in [0.4, 0.5) is 5.69 Å². The molecule has 0 bridgehead atoms. The van der Waals surface area contributed by atoms with Crippen molar-refractivity contribution in [3.05, 3.63) is 46.2 Å². The van der Waals surface area contributed by atoms with Gasteiger partial charge < -0.3 is 9.52 Å². The number of carbonyl (C=O) groups excluding carboxylic acids is 1. The number of aldehydes is 1. The van der Waals surface area contributed by atoms with E-state index in [0.717, 1.165) is 0 Å². The Bertz CT molecular complexity index is 587. The molecule has 17 heavy (non-hydrogen) atoms. The van der Waals surface area contributed by atoms with Crippen molar-refractivity contribution >= 4 is 12.0 Å². The van der Waals surface area contributed by atoms with E-state index in [4.69, 9.17) is 4.42 Å². The number of benzene rings is 1. The fraction of sp³-hybridized carbons (Fsp3) is 0. The van der Waals surface area contributed by atoms with E-state index in [1.807, 2.05) is 0 Å². The highest BCUT2D eigenvalue weighted by atomic mass is 16.6. The normalized spacial score (nSPS) is 10.1. The molecule has 0 aliphatic rings. The lowest BCUT2D eigenvalue weighted by Crippen LogP contribution is -1.88. The maximum Gasteiger partial charge on any atom is 0.270 e. The fourth-order valence-electron chi connectivity index (χ4n) is 1.40. The third kappa shape index (κ3) is 2.00. The van der Waals surface area contributed by atoms with Crippen LogP contribution in [0.25, 0.3) is 11.3 Å². The van der Waals surface area contributed by atoms with E-state index >= 15 is 0 Å². The lowest BCUT2D eigenvalue weighted by atomic mass is 10.1. The third-order valence-corrected chi connectivity index (χ3v) is 2.20. The highest BCUT2D eigenvalue weighted by molar-refractivity contribution is 5.75. The number of hydrogen-bond acceptors (Lipinski definition) is 5. The first-order valence-electron chi connectivity index (χ1n) is 4.64. The summed E-state index contributed by atoms with van der Waals surface area (Å²) in [6.45, 7) is 0. The van der Waals surface area contributed by atoms with E-state index in [9.17, 15) is 20.0 Å². The number of phenols is 1. The van der Waals surface area contributed by atoms with E-state index in [1.54, 1.807) is 0 Å². The minimum absolute atomic E-state index is 0.0888. The molecule has 86 valence electrons. The van der Waals surface area contributed by atoms with Crippen LogP contribution in [0, 0.1) is 10.1 Å². The van der Waals surface area contributed by atoms with E-state index in [2.05, 4.69) is 0 Å². The molecule has 0 saturated carbocycles. The van der Waals surface area contributed by atoms with E-state index in [-0.39, 0.29) is 28.5 Å². The van der Waals surface area contributed by atoms with Gasteiger partial charge in [-0.2, -0.15) is 0 Å². The summed E-state index contributed by atoms with van der Waals surface area (Å²) in [7, 11) is 0. The molecule has 6 heteroatoms. The molecular weight excluding hydrogens is 226 g/mol. The summed E-state index contributed by atoms with van der Waals surface area (Å²) in [6.07, 6.45) is 0.512. The van der Waals surface area contributed by atoms with Crippen LogP contribution in [0.1, 0.15) is 10.6 Å². The number of carbonyl (C=O) groups is 1. The number of nitrogens with zero attached hydrogens (tertiary/aromatic N) is 1. The first-order valence-corrected chi connectivity index (χ1v) is 4.64. The van der Waals surface area contributed by atoms with Gasteiger partial charge in [0.05, 0.1) is 10.5 Å². The predicted octanol–water partition coefficient (Wildman–Crippen LogP) is 2.37. The third-order valence-electron chi connectivity index (χ3n) is 2.20. The van der Waals surface area contributed by atoms with Crippen molar-refractivity contribution in [1.82, 2.24) is 0 Å². The molecule has 1 heterocycles. The highest BCUT2D eigenvalue weighted by Crippen LogP contribution is 2.33. The number of nitro benzene ring substituents is 1. The van der Waals surface area contributed by atoms with E-state index in [0.29, 0.717) is 6.29 Å². The lowest BCUT2D eigenvalue weighted by Gasteiger charge is -2.00. The summed E-state index contributed by atoms with van der Waals surface area (Å²) < 4.78 is 5.08. The molecular formula is C11H7NO5. The predicted molar refractivity (Wildman–Crippen MR) is 57.9 cm³/mol. The first kappa shape index (κ1) is 10.9. The Morgan fingerprint density at radius 1 is 1.29 bits per heavy atom. The van der Waals surface area contributed by atoms with Gasteiger partial charge in [-0.1, -0.05) is 0 Å². The molecule has 0 radical (unpaired) electrons. The number of aromatic hydroxyl groups is 1. The largest absolute Gasteiger partial charge is 0.507 e. The Labute approximate surface area is 95.3 Å². The highest BCUT2D eigenvalue weighted by Gasteiger charge is 2.14. The van der Waals surface area contributed by atoms with E-state index < -0.39 is 4.92 Å². The van der Waals surface area contributed by atoms with Crippen LogP contribution in [-0.4, -0.2) is 16.3 Å². The summed E-state index contributed by atoms with van der Waals surface area (Å²) in [5, 5.41) is 20.2. The zero-order chi connectivity index (χ0) is 12.4. The minimum Gasteiger partial charge on any atom is -0.507 e. The summed E-state index contributed by atoms with van der Waals surface area (Å²) in [5.74, 6) is 0.140. The molecule has 1 aromatic carbocycles. The van der Waals surface area contributed by atoms with Gasteiger partial charge in [0.1, 0.15) is 11.5 Å². The Morgan fingerprint density at radius 2 is 2.06 bits per heavy atom. The van der Waals surface area contributed by atoms with Crippen molar-refractivity contribution in [2.45, 2.75) is 0 Å². The maximum absolute atomic E-state index is 10.6. The van der Waals surface area contributed by atoms with Crippen molar-refractivity contribution in [3.63, 3.8) is 0 Å². The Kier molecular flexibility index (Phi) is 2.61. The number of hydrogen-bond donors (Lipinski definition) is 1. The first-order chi connectivity index (χ1) is 8.11. The standard InChI is InChI=1S/C11H7NO5/c13-6-8-2-4-11(17-8)9-5-7(12(15)16)1-3-10(9)14/h1-6,14H. The molecule has 1 N–H and O–H groups in total. The molecule has 1 aromatic heterocycles. The van der Waals surface area contributed by atoms with E-state index in [1.165, 1.54) is 30.3 Å². The van der Waals surface area contributed by atoms with Crippen LogP contribution in [0.3, 0.4) is 0 Å². The average molecular weight is 233 g/mol.